The average Bonchev–Trinajstić information content (AvgIpc) is 2.53. The normalized spacial score (nSPS) is 11.6. The lowest BCUT2D eigenvalue weighted by molar-refractivity contribution is 0.589. The fourth-order valence-electron chi connectivity index (χ4n) is 3.42. The summed E-state index contributed by atoms with van der Waals surface area (Å²) in [6, 6.07) is 19.5. The van der Waals surface area contributed by atoms with Crippen molar-refractivity contribution in [2.45, 2.75) is 40.0 Å². The maximum atomic E-state index is 4.75. The van der Waals surface area contributed by atoms with Crippen LogP contribution in [0.25, 0.3) is 22.4 Å². The van der Waals surface area contributed by atoms with Gasteiger partial charge in [0.15, 0.2) is 7.85 Å². The van der Waals surface area contributed by atoms with Gasteiger partial charge in [0, 0.05) is 5.56 Å². The van der Waals surface area contributed by atoms with Crippen molar-refractivity contribution in [2.75, 3.05) is 0 Å². The lowest BCUT2D eigenvalue weighted by atomic mass is 9.82. The Hall–Kier alpha value is -2.35. The van der Waals surface area contributed by atoms with Gasteiger partial charge in [-0.2, -0.15) is 0 Å². The molecule has 2 heteroatoms. The van der Waals surface area contributed by atoms with Crippen LogP contribution in [0.3, 0.4) is 0 Å². The van der Waals surface area contributed by atoms with Gasteiger partial charge in [0.2, 0.25) is 0 Å². The van der Waals surface area contributed by atoms with E-state index in [1.807, 2.05) is 6.07 Å². The lowest BCUT2D eigenvalue weighted by Crippen LogP contribution is -2.13. The first-order valence-corrected chi connectivity index (χ1v) is 8.92. The second-order valence-electron chi connectivity index (χ2n) is 7.98. The Kier molecular flexibility index (Phi) is 4.56. The summed E-state index contributed by atoms with van der Waals surface area (Å²) in [6.45, 7) is 11.2. The monoisotopic (exact) mass is 327 g/mol. The zero-order valence-electron chi connectivity index (χ0n) is 16.1. The maximum Gasteiger partial charge on any atom is 0.163 e. The van der Waals surface area contributed by atoms with Crippen molar-refractivity contribution < 1.29 is 0 Å². The predicted molar refractivity (Wildman–Crippen MR) is 111 cm³/mol. The molecule has 25 heavy (non-hydrogen) atoms. The Morgan fingerprint density at radius 1 is 0.800 bits per heavy atom. The van der Waals surface area contributed by atoms with E-state index in [4.69, 9.17) is 4.98 Å². The highest BCUT2D eigenvalue weighted by Gasteiger charge is 2.17. The Morgan fingerprint density at radius 3 is 1.96 bits per heavy atom. The molecule has 1 heterocycles. The molecule has 0 atom stereocenters. The van der Waals surface area contributed by atoms with Crippen LogP contribution in [-0.2, 0) is 5.41 Å². The molecule has 0 aliphatic rings. The zero-order chi connectivity index (χ0) is 18.2. The van der Waals surface area contributed by atoms with Crippen molar-refractivity contribution in [2.24, 2.45) is 0 Å². The quantitative estimate of drug-likeness (QED) is 0.628. The average molecular weight is 327 g/mol. The summed E-state index contributed by atoms with van der Waals surface area (Å²) in [4.78, 5) is 4.75. The largest absolute Gasteiger partial charge is 0.264 e. The smallest absolute Gasteiger partial charge is 0.163 e. The van der Waals surface area contributed by atoms with E-state index >= 15 is 0 Å². The lowest BCUT2D eigenvalue weighted by Gasteiger charge is -2.23. The molecule has 3 rings (SSSR count). The molecule has 1 aromatic heterocycles. The molecule has 0 aliphatic carbocycles. The van der Waals surface area contributed by atoms with Crippen LogP contribution < -0.4 is 5.59 Å². The van der Waals surface area contributed by atoms with E-state index in [1.165, 1.54) is 27.8 Å². The molecule has 0 unspecified atom stereocenters. The Labute approximate surface area is 152 Å². The van der Waals surface area contributed by atoms with Gasteiger partial charge in [-0.05, 0) is 64.8 Å². The fraction of sp³-hybridized carbons (Fsp3) is 0.261. The number of benzene rings is 2. The molecule has 0 bridgehead atoms. The molecule has 0 saturated carbocycles. The van der Waals surface area contributed by atoms with Gasteiger partial charge in [0.05, 0.1) is 5.69 Å². The third-order valence-electron chi connectivity index (χ3n) is 4.71. The standard InChI is InChI=1S/C23H26BN/c1-15-11-19(23(3,4)5)12-16(2)22(15)18-13-20(25-21(24)14-18)17-9-7-6-8-10-17/h6-14H,24H2,1-5H3. The summed E-state index contributed by atoms with van der Waals surface area (Å²) in [5.74, 6) is 0. The van der Waals surface area contributed by atoms with Gasteiger partial charge in [-0.25, -0.2) is 0 Å². The summed E-state index contributed by atoms with van der Waals surface area (Å²) in [6.07, 6.45) is 0. The predicted octanol–water partition coefficient (Wildman–Crippen LogP) is 4.59. The van der Waals surface area contributed by atoms with Gasteiger partial charge >= 0.3 is 0 Å². The van der Waals surface area contributed by atoms with E-state index in [2.05, 4.69) is 91.0 Å². The second-order valence-corrected chi connectivity index (χ2v) is 7.98. The Morgan fingerprint density at radius 2 is 1.40 bits per heavy atom. The molecule has 0 radical (unpaired) electrons. The first-order chi connectivity index (χ1) is 11.8. The first-order valence-electron chi connectivity index (χ1n) is 8.92. The number of hydrogen-bond donors (Lipinski definition) is 0. The van der Waals surface area contributed by atoms with Gasteiger partial charge in [0.1, 0.15) is 0 Å². The van der Waals surface area contributed by atoms with Crippen molar-refractivity contribution in [3.8, 4) is 22.4 Å². The van der Waals surface area contributed by atoms with E-state index in [-0.39, 0.29) is 5.41 Å². The second kappa shape index (κ2) is 6.52. The van der Waals surface area contributed by atoms with E-state index < -0.39 is 0 Å². The molecule has 0 fully saturated rings. The van der Waals surface area contributed by atoms with Gasteiger partial charge in [-0.15, -0.1) is 0 Å². The minimum absolute atomic E-state index is 0.164. The van der Waals surface area contributed by atoms with Crippen LogP contribution in [0.4, 0.5) is 0 Å². The first kappa shape index (κ1) is 17.5. The van der Waals surface area contributed by atoms with Crippen molar-refractivity contribution >= 4 is 13.4 Å². The highest BCUT2D eigenvalue weighted by atomic mass is 14.7. The summed E-state index contributed by atoms with van der Waals surface area (Å²) >= 11 is 0. The van der Waals surface area contributed by atoms with Gasteiger partial charge < -0.3 is 0 Å². The van der Waals surface area contributed by atoms with Crippen LogP contribution in [0.15, 0.2) is 54.6 Å². The van der Waals surface area contributed by atoms with E-state index in [9.17, 15) is 0 Å². The number of hydrogen-bond acceptors (Lipinski definition) is 1. The fourth-order valence-corrected chi connectivity index (χ4v) is 3.42. The third kappa shape index (κ3) is 3.68. The van der Waals surface area contributed by atoms with Gasteiger partial charge in [-0.3, -0.25) is 4.98 Å². The van der Waals surface area contributed by atoms with Crippen LogP contribution in [-0.4, -0.2) is 12.8 Å². The number of pyridine rings is 1. The van der Waals surface area contributed by atoms with Crippen molar-refractivity contribution in [3.63, 3.8) is 0 Å². The summed E-state index contributed by atoms with van der Waals surface area (Å²) in [5, 5.41) is 0. The van der Waals surface area contributed by atoms with Crippen molar-refractivity contribution in [1.82, 2.24) is 4.98 Å². The van der Waals surface area contributed by atoms with Crippen LogP contribution in [0.1, 0.15) is 37.5 Å². The molecular formula is C23H26BN. The van der Waals surface area contributed by atoms with E-state index in [0.717, 1.165) is 16.9 Å². The Balaban J connectivity index is 2.16. The minimum atomic E-state index is 0.164. The zero-order valence-corrected chi connectivity index (χ0v) is 16.1. The van der Waals surface area contributed by atoms with Crippen molar-refractivity contribution in [3.05, 3.63) is 71.3 Å². The maximum absolute atomic E-state index is 4.75. The molecule has 1 nitrogen and oxygen atoms in total. The van der Waals surface area contributed by atoms with Gasteiger partial charge in [-0.1, -0.05) is 63.2 Å². The van der Waals surface area contributed by atoms with Crippen LogP contribution >= 0.6 is 0 Å². The Bertz CT molecular complexity index is 882. The number of rotatable bonds is 2. The van der Waals surface area contributed by atoms with E-state index in [1.54, 1.807) is 0 Å². The SMILES string of the molecule is Bc1cc(-c2c(C)cc(C(C)(C)C)cc2C)cc(-c2ccccc2)n1. The van der Waals surface area contributed by atoms with Crippen molar-refractivity contribution in [1.29, 1.82) is 0 Å². The molecule has 3 aromatic rings. The molecule has 0 spiro atoms. The molecule has 0 N–H and O–H groups in total. The summed E-state index contributed by atoms with van der Waals surface area (Å²) < 4.78 is 0. The summed E-state index contributed by atoms with van der Waals surface area (Å²) in [7, 11) is 2.07. The number of aromatic nitrogens is 1. The molecule has 0 saturated heterocycles. The molecule has 0 amide bonds. The molecule has 2 aromatic carbocycles. The number of aryl methyl sites for hydroxylation is 2. The van der Waals surface area contributed by atoms with E-state index in [0.29, 0.717) is 0 Å². The topological polar surface area (TPSA) is 12.9 Å². The molecule has 126 valence electrons. The highest BCUT2D eigenvalue weighted by Crippen LogP contribution is 2.33. The molecule has 0 aliphatic heterocycles. The third-order valence-corrected chi connectivity index (χ3v) is 4.71. The van der Waals surface area contributed by atoms with Crippen LogP contribution in [0.5, 0.6) is 0 Å². The summed E-state index contributed by atoms with van der Waals surface area (Å²) in [5.41, 5.74) is 10.0. The minimum Gasteiger partial charge on any atom is -0.264 e. The van der Waals surface area contributed by atoms with Gasteiger partial charge in [0.25, 0.3) is 0 Å². The molecular weight excluding hydrogens is 301 g/mol. The van der Waals surface area contributed by atoms with Crippen LogP contribution in [0.2, 0.25) is 0 Å². The number of nitrogens with zero attached hydrogens (tertiary/aromatic N) is 1. The van der Waals surface area contributed by atoms with Crippen LogP contribution in [0, 0.1) is 13.8 Å². The highest BCUT2D eigenvalue weighted by molar-refractivity contribution is 6.31.